The molecule has 0 spiro atoms. The Bertz CT molecular complexity index is 883. The molecule has 2 aromatic rings. The van der Waals surface area contributed by atoms with Crippen LogP contribution < -0.4 is 11.1 Å². The second kappa shape index (κ2) is 6.89. The lowest BCUT2D eigenvalue weighted by Gasteiger charge is -2.25. The smallest absolute Gasteiger partial charge is 0.272 e. The number of nitrogens with two attached hydrogens (primary N) is 1. The van der Waals surface area contributed by atoms with Crippen LogP contribution in [-0.2, 0) is 17.1 Å². The molecule has 1 aromatic carbocycles. The number of aryl methyl sites for hydroxylation is 1. The number of anilines is 2. The summed E-state index contributed by atoms with van der Waals surface area (Å²) >= 11 is 0. The predicted molar refractivity (Wildman–Crippen MR) is 96.8 cm³/mol. The van der Waals surface area contributed by atoms with Gasteiger partial charge in [0.05, 0.1) is 11.4 Å². The number of carbonyl (C=O) groups excluding carboxylic acids is 1. The number of hydrogen-bond acceptors (Lipinski definition) is 4. The van der Waals surface area contributed by atoms with Crippen molar-refractivity contribution in [2.24, 2.45) is 7.05 Å². The van der Waals surface area contributed by atoms with Gasteiger partial charge in [-0.3, -0.25) is 4.79 Å². The van der Waals surface area contributed by atoms with E-state index in [-0.39, 0.29) is 10.6 Å². The van der Waals surface area contributed by atoms with Crippen LogP contribution >= 0.6 is 0 Å². The number of aromatic nitrogens is 1. The molecule has 1 aliphatic heterocycles. The van der Waals surface area contributed by atoms with Crippen molar-refractivity contribution in [3.63, 3.8) is 0 Å². The normalized spacial score (nSPS) is 15.9. The summed E-state index contributed by atoms with van der Waals surface area (Å²) < 4.78 is 28.5. The Morgan fingerprint density at radius 3 is 2.52 bits per heavy atom. The number of carbonyl (C=O) groups is 1. The standard InChI is InChI=1S/C17H22N4O3S/c1-20-12-13(25(23,24)21-9-5-2-6-10-21)11-16(20)17(22)19-15-8-4-3-7-14(15)18/h3-4,7-8,11-12H,2,5-6,9-10,18H2,1H3,(H,19,22). The molecule has 8 heteroatoms. The minimum absolute atomic E-state index is 0.142. The molecule has 0 atom stereocenters. The molecule has 1 aromatic heterocycles. The number of nitrogens with zero attached hydrogens (tertiary/aromatic N) is 2. The van der Waals surface area contributed by atoms with Gasteiger partial charge in [-0.15, -0.1) is 0 Å². The lowest BCUT2D eigenvalue weighted by Crippen LogP contribution is -2.35. The van der Waals surface area contributed by atoms with Gasteiger partial charge in [0.25, 0.3) is 5.91 Å². The molecule has 1 saturated heterocycles. The van der Waals surface area contributed by atoms with E-state index in [4.69, 9.17) is 5.73 Å². The van der Waals surface area contributed by atoms with Gasteiger partial charge in [0.2, 0.25) is 10.0 Å². The molecule has 3 rings (SSSR count). The van der Waals surface area contributed by atoms with Crippen molar-refractivity contribution >= 4 is 27.3 Å². The fourth-order valence-electron chi connectivity index (χ4n) is 2.95. The van der Waals surface area contributed by atoms with Crippen LogP contribution in [0.3, 0.4) is 0 Å². The highest BCUT2D eigenvalue weighted by Gasteiger charge is 2.28. The number of amides is 1. The molecule has 0 radical (unpaired) electrons. The van der Waals surface area contributed by atoms with E-state index in [9.17, 15) is 13.2 Å². The first kappa shape index (κ1) is 17.5. The van der Waals surface area contributed by atoms with Crippen molar-refractivity contribution in [2.45, 2.75) is 24.2 Å². The second-order valence-corrected chi connectivity index (χ2v) is 8.12. The van der Waals surface area contributed by atoms with Crippen molar-refractivity contribution in [3.05, 3.63) is 42.2 Å². The molecule has 134 valence electrons. The molecule has 2 heterocycles. The van der Waals surface area contributed by atoms with E-state index in [0.717, 1.165) is 19.3 Å². The average Bonchev–Trinajstić information content (AvgIpc) is 3.00. The molecular formula is C17H22N4O3S. The van der Waals surface area contributed by atoms with Gasteiger partial charge in [-0.25, -0.2) is 8.42 Å². The van der Waals surface area contributed by atoms with E-state index in [2.05, 4.69) is 5.32 Å². The Balaban J connectivity index is 1.84. The Labute approximate surface area is 147 Å². The van der Waals surface area contributed by atoms with E-state index >= 15 is 0 Å². The van der Waals surface area contributed by atoms with Crippen LogP contribution in [0.4, 0.5) is 11.4 Å². The highest BCUT2D eigenvalue weighted by atomic mass is 32.2. The topological polar surface area (TPSA) is 97.4 Å². The van der Waals surface area contributed by atoms with Crippen molar-refractivity contribution in [1.29, 1.82) is 0 Å². The van der Waals surface area contributed by atoms with Crippen LogP contribution in [0.1, 0.15) is 29.8 Å². The van der Waals surface area contributed by atoms with Crippen LogP contribution in [-0.4, -0.2) is 36.3 Å². The first-order valence-electron chi connectivity index (χ1n) is 8.22. The summed E-state index contributed by atoms with van der Waals surface area (Å²) in [5.74, 6) is -0.402. The lowest BCUT2D eigenvalue weighted by atomic mass is 10.2. The third-order valence-electron chi connectivity index (χ3n) is 4.37. The molecule has 25 heavy (non-hydrogen) atoms. The van der Waals surface area contributed by atoms with Crippen LogP contribution in [0.15, 0.2) is 41.4 Å². The van der Waals surface area contributed by atoms with E-state index in [1.54, 1.807) is 31.3 Å². The summed E-state index contributed by atoms with van der Waals surface area (Å²) in [5.41, 5.74) is 7.04. The molecular weight excluding hydrogens is 340 g/mol. The number of piperidine rings is 1. The number of sulfonamides is 1. The molecule has 1 amide bonds. The minimum atomic E-state index is -3.57. The Morgan fingerprint density at radius 1 is 1.16 bits per heavy atom. The fourth-order valence-corrected chi connectivity index (χ4v) is 4.54. The van der Waals surface area contributed by atoms with Crippen molar-refractivity contribution in [1.82, 2.24) is 8.87 Å². The molecule has 3 N–H and O–H groups in total. The number of hydrogen-bond donors (Lipinski definition) is 2. The molecule has 0 bridgehead atoms. The number of nitrogen functional groups attached to an aromatic ring is 1. The van der Waals surface area contributed by atoms with Crippen molar-refractivity contribution in [2.75, 3.05) is 24.1 Å². The van der Waals surface area contributed by atoms with E-state index in [0.29, 0.717) is 24.5 Å². The number of rotatable bonds is 4. The maximum Gasteiger partial charge on any atom is 0.272 e. The first-order chi connectivity index (χ1) is 11.9. The second-order valence-electron chi connectivity index (χ2n) is 6.18. The summed E-state index contributed by atoms with van der Waals surface area (Å²) in [6.07, 6.45) is 4.26. The van der Waals surface area contributed by atoms with Gasteiger partial charge < -0.3 is 15.6 Å². The van der Waals surface area contributed by atoms with Gasteiger partial charge in [0.1, 0.15) is 10.6 Å². The molecule has 7 nitrogen and oxygen atoms in total. The van der Waals surface area contributed by atoms with Gasteiger partial charge in [-0.2, -0.15) is 4.31 Å². The number of nitrogens with one attached hydrogen (secondary N) is 1. The van der Waals surface area contributed by atoms with Gasteiger partial charge in [0, 0.05) is 26.3 Å². The summed E-state index contributed by atoms with van der Waals surface area (Å²) in [6, 6.07) is 8.34. The van der Waals surface area contributed by atoms with Crippen LogP contribution in [0.2, 0.25) is 0 Å². The summed E-state index contributed by atoms with van der Waals surface area (Å²) in [6.45, 7) is 1.05. The van der Waals surface area contributed by atoms with E-state index in [1.807, 2.05) is 0 Å². The van der Waals surface area contributed by atoms with Gasteiger partial charge in [-0.05, 0) is 31.0 Å². The number of para-hydroxylation sites is 2. The van der Waals surface area contributed by atoms with Crippen LogP contribution in [0.5, 0.6) is 0 Å². The average molecular weight is 362 g/mol. The molecule has 0 unspecified atom stereocenters. The maximum absolute atomic E-state index is 12.7. The summed E-state index contributed by atoms with van der Waals surface area (Å²) in [4.78, 5) is 12.6. The largest absolute Gasteiger partial charge is 0.397 e. The fraction of sp³-hybridized carbons (Fsp3) is 0.353. The van der Waals surface area contributed by atoms with Gasteiger partial charge in [-0.1, -0.05) is 18.6 Å². The molecule has 1 aliphatic rings. The van der Waals surface area contributed by atoms with Crippen molar-refractivity contribution in [3.8, 4) is 0 Å². The van der Waals surface area contributed by atoms with Gasteiger partial charge >= 0.3 is 0 Å². The van der Waals surface area contributed by atoms with Crippen molar-refractivity contribution < 1.29 is 13.2 Å². The summed E-state index contributed by atoms with van der Waals surface area (Å²) in [7, 11) is -1.92. The van der Waals surface area contributed by atoms with E-state index < -0.39 is 15.9 Å². The Morgan fingerprint density at radius 2 is 1.84 bits per heavy atom. The summed E-state index contributed by atoms with van der Waals surface area (Å²) in [5, 5.41) is 2.72. The Kier molecular flexibility index (Phi) is 4.82. The van der Waals surface area contributed by atoms with Gasteiger partial charge in [0.15, 0.2) is 0 Å². The van der Waals surface area contributed by atoms with Crippen LogP contribution in [0.25, 0.3) is 0 Å². The quantitative estimate of drug-likeness (QED) is 0.813. The highest BCUT2D eigenvalue weighted by Crippen LogP contribution is 2.23. The zero-order valence-corrected chi connectivity index (χ0v) is 14.9. The SMILES string of the molecule is Cn1cc(S(=O)(=O)N2CCCCC2)cc1C(=O)Nc1ccccc1N. The first-order valence-corrected chi connectivity index (χ1v) is 9.66. The zero-order valence-electron chi connectivity index (χ0n) is 14.1. The zero-order chi connectivity index (χ0) is 18.0. The minimum Gasteiger partial charge on any atom is -0.397 e. The third kappa shape index (κ3) is 3.54. The number of benzene rings is 1. The monoisotopic (exact) mass is 362 g/mol. The molecule has 0 aliphatic carbocycles. The van der Waals surface area contributed by atoms with E-state index in [1.165, 1.54) is 21.1 Å². The maximum atomic E-state index is 12.7. The predicted octanol–water partition coefficient (Wildman–Crippen LogP) is 2.03. The third-order valence-corrected chi connectivity index (χ3v) is 6.24. The molecule has 0 saturated carbocycles. The Hall–Kier alpha value is -2.32. The highest BCUT2D eigenvalue weighted by molar-refractivity contribution is 7.89. The lowest BCUT2D eigenvalue weighted by molar-refractivity contribution is 0.101. The van der Waals surface area contributed by atoms with Crippen LogP contribution in [0, 0.1) is 0 Å². The molecule has 1 fully saturated rings.